The summed E-state index contributed by atoms with van der Waals surface area (Å²) in [7, 11) is 3.12. The number of hydrogen-bond acceptors (Lipinski definition) is 5. The van der Waals surface area contributed by atoms with Gasteiger partial charge in [-0.3, -0.25) is 9.36 Å². The number of nitrogens with zero attached hydrogens (tertiary/aromatic N) is 2. The molecule has 0 bridgehead atoms. The van der Waals surface area contributed by atoms with Crippen LogP contribution < -0.4 is 15.0 Å². The standard InChI is InChI=1S/C23H19FN2O3S/c1-28-18-11-17(12-19(13-18)29-2)26-22(27)20-5-3-4-6-21(20)25-23(26)30-14-15-7-9-16(24)10-8-15/h3-13H,14H2,1-2H3. The van der Waals surface area contributed by atoms with E-state index in [1.807, 2.05) is 18.2 Å². The number of benzene rings is 3. The summed E-state index contributed by atoms with van der Waals surface area (Å²) in [5.41, 5.74) is 1.96. The second kappa shape index (κ2) is 8.59. The molecule has 1 aromatic heterocycles. The molecule has 0 fully saturated rings. The third-order valence-electron chi connectivity index (χ3n) is 4.62. The van der Waals surface area contributed by atoms with Crippen molar-refractivity contribution in [1.82, 2.24) is 9.55 Å². The fraction of sp³-hybridized carbons (Fsp3) is 0.130. The van der Waals surface area contributed by atoms with E-state index in [0.29, 0.717) is 39.0 Å². The van der Waals surface area contributed by atoms with Gasteiger partial charge in [-0.25, -0.2) is 9.37 Å². The van der Waals surface area contributed by atoms with E-state index in [4.69, 9.17) is 14.5 Å². The monoisotopic (exact) mass is 422 g/mol. The van der Waals surface area contributed by atoms with Crippen LogP contribution in [-0.4, -0.2) is 23.8 Å². The Morgan fingerprint density at radius 3 is 2.30 bits per heavy atom. The largest absolute Gasteiger partial charge is 0.497 e. The quantitative estimate of drug-likeness (QED) is 0.329. The van der Waals surface area contributed by atoms with Crippen LogP contribution in [0.3, 0.4) is 0 Å². The fourth-order valence-corrected chi connectivity index (χ4v) is 4.06. The summed E-state index contributed by atoms with van der Waals surface area (Å²) < 4.78 is 25.5. The minimum atomic E-state index is -0.284. The Balaban J connectivity index is 1.86. The van der Waals surface area contributed by atoms with Crippen LogP contribution in [0.15, 0.2) is 76.7 Å². The highest BCUT2D eigenvalue weighted by Crippen LogP contribution is 2.29. The van der Waals surface area contributed by atoms with Crippen LogP contribution in [0.5, 0.6) is 11.5 Å². The molecule has 3 aromatic carbocycles. The van der Waals surface area contributed by atoms with E-state index in [2.05, 4.69) is 0 Å². The zero-order valence-electron chi connectivity index (χ0n) is 16.5. The van der Waals surface area contributed by atoms with E-state index >= 15 is 0 Å². The van der Waals surface area contributed by atoms with Gasteiger partial charge in [-0.05, 0) is 29.8 Å². The Morgan fingerprint density at radius 1 is 0.967 bits per heavy atom. The molecule has 0 aliphatic rings. The smallest absolute Gasteiger partial charge is 0.266 e. The molecule has 0 radical (unpaired) electrons. The summed E-state index contributed by atoms with van der Waals surface area (Å²) >= 11 is 1.40. The van der Waals surface area contributed by atoms with Gasteiger partial charge in [0.2, 0.25) is 0 Å². The van der Waals surface area contributed by atoms with Gasteiger partial charge in [-0.2, -0.15) is 0 Å². The number of halogens is 1. The highest BCUT2D eigenvalue weighted by atomic mass is 32.2. The van der Waals surface area contributed by atoms with Crippen molar-refractivity contribution in [3.63, 3.8) is 0 Å². The number of thioether (sulfide) groups is 1. The summed E-state index contributed by atoms with van der Waals surface area (Å²) in [6.45, 7) is 0. The lowest BCUT2D eigenvalue weighted by atomic mass is 10.2. The second-order valence-electron chi connectivity index (χ2n) is 6.54. The number of aromatic nitrogens is 2. The van der Waals surface area contributed by atoms with Crippen molar-refractivity contribution in [3.8, 4) is 17.2 Å². The highest BCUT2D eigenvalue weighted by molar-refractivity contribution is 7.98. The molecule has 0 atom stereocenters. The number of rotatable bonds is 6. The molecule has 4 aromatic rings. The van der Waals surface area contributed by atoms with Gasteiger partial charge in [0.05, 0.1) is 30.8 Å². The molecule has 0 saturated carbocycles. The maximum absolute atomic E-state index is 13.4. The number of hydrogen-bond donors (Lipinski definition) is 0. The summed E-state index contributed by atoms with van der Waals surface area (Å²) in [6, 6.07) is 18.8. The maximum atomic E-state index is 13.4. The summed E-state index contributed by atoms with van der Waals surface area (Å²) in [4.78, 5) is 18.1. The fourth-order valence-electron chi connectivity index (χ4n) is 3.09. The Kier molecular flexibility index (Phi) is 5.72. The van der Waals surface area contributed by atoms with E-state index in [1.54, 1.807) is 55.2 Å². The van der Waals surface area contributed by atoms with E-state index < -0.39 is 0 Å². The van der Waals surface area contributed by atoms with Gasteiger partial charge in [0.1, 0.15) is 17.3 Å². The van der Waals surface area contributed by atoms with Crippen LogP contribution in [0.4, 0.5) is 4.39 Å². The summed E-state index contributed by atoms with van der Waals surface area (Å²) in [5.74, 6) is 1.39. The number of methoxy groups -OCH3 is 2. The van der Waals surface area contributed by atoms with Gasteiger partial charge in [-0.15, -0.1) is 0 Å². The normalized spacial score (nSPS) is 10.9. The molecular weight excluding hydrogens is 403 g/mol. The first kappa shape index (κ1) is 20.0. The summed E-state index contributed by atoms with van der Waals surface area (Å²) in [6.07, 6.45) is 0. The van der Waals surface area contributed by atoms with Gasteiger partial charge in [0.15, 0.2) is 5.16 Å². The molecule has 0 aliphatic heterocycles. The molecule has 7 heteroatoms. The molecule has 152 valence electrons. The zero-order chi connectivity index (χ0) is 21.1. The molecule has 4 rings (SSSR count). The Bertz CT molecular complexity index is 1230. The zero-order valence-corrected chi connectivity index (χ0v) is 17.3. The van der Waals surface area contributed by atoms with Crippen LogP contribution in [-0.2, 0) is 5.75 Å². The molecule has 0 amide bonds. The molecular formula is C23H19FN2O3S. The van der Waals surface area contributed by atoms with E-state index in [0.717, 1.165) is 5.56 Å². The third kappa shape index (κ3) is 4.02. The number of fused-ring (bicyclic) bond motifs is 1. The van der Waals surface area contributed by atoms with Crippen LogP contribution in [0, 0.1) is 5.82 Å². The first-order chi connectivity index (χ1) is 14.6. The molecule has 0 saturated heterocycles. The van der Waals surface area contributed by atoms with Crippen molar-refractivity contribution in [3.05, 3.63) is 88.5 Å². The van der Waals surface area contributed by atoms with E-state index in [9.17, 15) is 9.18 Å². The molecule has 0 N–H and O–H groups in total. The lowest BCUT2D eigenvalue weighted by Gasteiger charge is -2.15. The Labute approximate surface area is 177 Å². The van der Waals surface area contributed by atoms with E-state index in [-0.39, 0.29) is 11.4 Å². The SMILES string of the molecule is COc1cc(OC)cc(-n2c(SCc3ccc(F)cc3)nc3ccccc3c2=O)c1. The highest BCUT2D eigenvalue weighted by Gasteiger charge is 2.15. The van der Waals surface area contributed by atoms with Gasteiger partial charge in [0.25, 0.3) is 5.56 Å². The van der Waals surface area contributed by atoms with Crippen molar-refractivity contribution < 1.29 is 13.9 Å². The first-order valence-electron chi connectivity index (χ1n) is 9.21. The first-order valence-corrected chi connectivity index (χ1v) is 10.2. The third-order valence-corrected chi connectivity index (χ3v) is 5.63. The van der Waals surface area contributed by atoms with Crippen molar-refractivity contribution >= 4 is 22.7 Å². The molecule has 30 heavy (non-hydrogen) atoms. The topological polar surface area (TPSA) is 53.4 Å². The molecule has 0 spiro atoms. The van der Waals surface area contributed by atoms with Crippen LogP contribution in [0.1, 0.15) is 5.56 Å². The number of para-hydroxylation sites is 1. The predicted octanol–water partition coefficient (Wildman–Crippen LogP) is 4.83. The van der Waals surface area contributed by atoms with Gasteiger partial charge in [-0.1, -0.05) is 36.0 Å². The lowest BCUT2D eigenvalue weighted by Crippen LogP contribution is -2.22. The van der Waals surface area contributed by atoms with Crippen molar-refractivity contribution in [2.45, 2.75) is 10.9 Å². The Hall–Kier alpha value is -3.32. The minimum Gasteiger partial charge on any atom is -0.497 e. The summed E-state index contributed by atoms with van der Waals surface area (Å²) in [5, 5.41) is 1.05. The average molecular weight is 422 g/mol. The molecule has 5 nitrogen and oxygen atoms in total. The Morgan fingerprint density at radius 2 is 1.63 bits per heavy atom. The second-order valence-corrected chi connectivity index (χ2v) is 7.48. The van der Waals surface area contributed by atoms with Gasteiger partial charge < -0.3 is 9.47 Å². The van der Waals surface area contributed by atoms with Gasteiger partial charge >= 0.3 is 0 Å². The van der Waals surface area contributed by atoms with Gasteiger partial charge in [0, 0.05) is 24.0 Å². The van der Waals surface area contributed by atoms with Crippen molar-refractivity contribution in [1.29, 1.82) is 0 Å². The van der Waals surface area contributed by atoms with Crippen LogP contribution >= 0.6 is 11.8 Å². The van der Waals surface area contributed by atoms with Crippen molar-refractivity contribution in [2.24, 2.45) is 0 Å². The van der Waals surface area contributed by atoms with Crippen molar-refractivity contribution in [2.75, 3.05) is 14.2 Å². The van der Waals surface area contributed by atoms with Crippen LogP contribution in [0.25, 0.3) is 16.6 Å². The predicted molar refractivity (Wildman–Crippen MR) is 116 cm³/mol. The van der Waals surface area contributed by atoms with Crippen LogP contribution in [0.2, 0.25) is 0 Å². The average Bonchev–Trinajstić information content (AvgIpc) is 2.78. The minimum absolute atomic E-state index is 0.183. The molecule has 0 aliphatic carbocycles. The number of ether oxygens (including phenoxy) is 2. The van der Waals surface area contributed by atoms with E-state index in [1.165, 1.54) is 23.9 Å². The maximum Gasteiger partial charge on any atom is 0.266 e. The molecule has 1 heterocycles. The molecule has 0 unspecified atom stereocenters. The lowest BCUT2D eigenvalue weighted by molar-refractivity contribution is 0.394.